The zero-order chi connectivity index (χ0) is 14.8. The molecule has 1 heterocycles. The number of anilines is 1. The summed E-state index contributed by atoms with van der Waals surface area (Å²) >= 11 is 0. The molecule has 1 fully saturated rings. The molecule has 3 N–H and O–H groups in total. The Morgan fingerprint density at radius 1 is 1.45 bits per heavy atom. The van der Waals surface area contributed by atoms with Gasteiger partial charge < -0.3 is 15.2 Å². The highest BCUT2D eigenvalue weighted by Crippen LogP contribution is 2.26. The quantitative estimate of drug-likeness (QED) is 0.813. The van der Waals surface area contributed by atoms with Crippen molar-refractivity contribution < 1.29 is 17.9 Å². The molecule has 1 aromatic carbocycles. The van der Waals surface area contributed by atoms with Gasteiger partial charge in [-0.05, 0) is 31.9 Å². The molecule has 20 heavy (non-hydrogen) atoms. The van der Waals surface area contributed by atoms with Gasteiger partial charge in [0.05, 0.1) is 24.9 Å². The number of nitrogens with one attached hydrogen (secondary N) is 1. The first-order valence-corrected chi connectivity index (χ1v) is 7.90. The van der Waals surface area contributed by atoms with Crippen LogP contribution in [-0.4, -0.2) is 34.3 Å². The summed E-state index contributed by atoms with van der Waals surface area (Å²) in [7, 11) is -2.18. The number of hydrogen-bond donors (Lipinski definition) is 2. The third-order valence-corrected chi connectivity index (χ3v) is 5.04. The Kier molecular flexibility index (Phi) is 4.22. The lowest BCUT2D eigenvalue weighted by Crippen LogP contribution is -2.51. The third kappa shape index (κ3) is 3.23. The highest BCUT2D eigenvalue weighted by molar-refractivity contribution is 7.89. The standard InChI is InChI=1S/C13H20N2O4S/c1-13(6-3-7-19-9-13)15-20(16,17)12-5-4-10(18-2)8-11(12)14/h4-5,8,15H,3,6-7,9,14H2,1-2H3. The maximum atomic E-state index is 12.4. The van der Waals surface area contributed by atoms with Crippen LogP contribution in [0.25, 0.3) is 0 Å². The molecule has 1 aromatic rings. The summed E-state index contributed by atoms with van der Waals surface area (Å²) in [5.74, 6) is 0.522. The lowest BCUT2D eigenvalue weighted by atomic mass is 9.97. The van der Waals surface area contributed by atoms with Gasteiger partial charge >= 0.3 is 0 Å². The van der Waals surface area contributed by atoms with Crippen molar-refractivity contribution in [3.8, 4) is 5.75 Å². The van der Waals surface area contributed by atoms with Gasteiger partial charge in [0.1, 0.15) is 10.6 Å². The molecule has 0 amide bonds. The van der Waals surface area contributed by atoms with Gasteiger partial charge in [-0.15, -0.1) is 0 Å². The SMILES string of the molecule is COc1ccc(S(=O)(=O)NC2(C)CCCOC2)c(N)c1. The minimum absolute atomic E-state index is 0.0603. The largest absolute Gasteiger partial charge is 0.497 e. The van der Waals surface area contributed by atoms with E-state index >= 15 is 0 Å². The van der Waals surface area contributed by atoms with E-state index in [0.29, 0.717) is 19.0 Å². The van der Waals surface area contributed by atoms with Crippen LogP contribution in [-0.2, 0) is 14.8 Å². The van der Waals surface area contributed by atoms with Crippen LogP contribution in [0, 0.1) is 0 Å². The Balaban J connectivity index is 2.26. The van der Waals surface area contributed by atoms with E-state index < -0.39 is 15.6 Å². The zero-order valence-corrected chi connectivity index (χ0v) is 12.5. The first kappa shape index (κ1) is 15.1. The number of hydrogen-bond acceptors (Lipinski definition) is 5. The highest BCUT2D eigenvalue weighted by atomic mass is 32.2. The molecule has 2 rings (SSSR count). The predicted octanol–water partition coefficient (Wildman–Crippen LogP) is 1.12. The van der Waals surface area contributed by atoms with Crippen LogP contribution in [0.15, 0.2) is 23.1 Å². The van der Waals surface area contributed by atoms with Gasteiger partial charge in [-0.25, -0.2) is 13.1 Å². The van der Waals surface area contributed by atoms with Gasteiger partial charge in [0.15, 0.2) is 0 Å². The second kappa shape index (κ2) is 5.59. The molecule has 0 radical (unpaired) electrons. The second-order valence-corrected chi connectivity index (χ2v) is 6.88. The Labute approximate surface area is 119 Å². The van der Waals surface area contributed by atoms with Crippen molar-refractivity contribution in [2.24, 2.45) is 0 Å². The van der Waals surface area contributed by atoms with Crippen molar-refractivity contribution in [1.29, 1.82) is 0 Å². The first-order valence-electron chi connectivity index (χ1n) is 6.42. The van der Waals surface area contributed by atoms with E-state index in [1.807, 2.05) is 6.92 Å². The van der Waals surface area contributed by atoms with E-state index in [-0.39, 0.29) is 10.6 Å². The number of rotatable bonds is 4. The number of nitrogens with two attached hydrogens (primary N) is 1. The number of benzene rings is 1. The maximum Gasteiger partial charge on any atom is 0.243 e. The maximum absolute atomic E-state index is 12.4. The molecule has 0 saturated carbocycles. The smallest absolute Gasteiger partial charge is 0.243 e. The van der Waals surface area contributed by atoms with E-state index in [4.69, 9.17) is 15.2 Å². The van der Waals surface area contributed by atoms with Gasteiger partial charge in [-0.2, -0.15) is 0 Å². The average Bonchev–Trinajstić information content (AvgIpc) is 2.37. The lowest BCUT2D eigenvalue weighted by molar-refractivity contribution is 0.0386. The van der Waals surface area contributed by atoms with E-state index in [2.05, 4.69) is 4.72 Å². The number of sulfonamides is 1. The van der Waals surface area contributed by atoms with Gasteiger partial charge in [0, 0.05) is 12.7 Å². The second-order valence-electron chi connectivity index (χ2n) is 5.23. The van der Waals surface area contributed by atoms with Gasteiger partial charge in [0.25, 0.3) is 0 Å². The minimum Gasteiger partial charge on any atom is -0.497 e. The molecule has 0 bridgehead atoms. The van der Waals surface area contributed by atoms with Crippen LogP contribution < -0.4 is 15.2 Å². The van der Waals surface area contributed by atoms with E-state index in [0.717, 1.165) is 12.8 Å². The van der Waals surface area contributed by atoms with Crippen molar-refractivity contribution in [1.82, 2.24) is 4.72 Å². The van der Waals surface area contributed by atoms with Crippen molar-refractivity contribution in [3.05, 3.63) is 18.2 Å². The van der Waals surface area contributed by atoms with Crippen molar-refractivity contribution in [2.75, 3.05) is 26.1 Å². The van der Waals surface area contributed by atoms with E-state index in [9.17, 15) is 8.42 Å². The summed E-state index contributed by atoms with van der Waals surface area (Å²) in [6.45, 7) is 2.87. The molecular weight excluding hydrogens is 280 g/mol. The third-order valence-electron chi connectivity index (χ3n) is 3.33. The van der Waals surface area contributed by atoms with Crippen LogP contribution in [0.1, 0.15) is 19.8 Å². The highest BCUT2D eigenvalue weighted by Gasteiger charge is 2.33. The molecule has 1 atom stereocenters. The number of nitrogen functional groups attached to an aromatic ring is 1. The Hall–Kier alpha value is -1.31. The van der Waals surface area contributed by atoms with Gasteiger partial charge in [0.2, 0.25) is 10.0 Å². The van der Waals surface area contributed by atoms with Crippen molar-refractivity contribution in [3.63, 3.8) is 0 Å². The fourth-order valence-corrected chi connectivity index (χ4v) is 3.83. The normalized spacial score (nSPS) is 23.5. The molecule has 112 valence electrons. The summed E-state index contributed by atoms with van der Waals surface area (Å²) in [5, 5.41) is 0. The molecule has 1 unspecified atom stereocenters. The molecule has 1 saturated heterocycles. The van der Waals surface area contributed by atoms with Crippen LogP contribution in [0.3, 0.4) is 0 Å². The van der Waals surface area contributed by atoms with Crippen LogP contribution >= 0.6 is 0 Å². The Bertz CT molecular complexity index is 580. The molecule has 0 aromatic heterocycles. The Morgan fingerprint density at radius 3 is 2.75 bits per heavy atom. The first-order chi connectivity index (χ1) is 9.36. The number of ether oxygens (including phenoxy) is 2. The summed E-state index contributed by atoms with van der Waals surface area (Å²) in [6.07, 6.45) is 1.57. The molecule has 7 heteroatoms. The lowest BCUT2D eigenvalue weighted by Gasteiger charge is -2.34. The number of methoxy groups -OCH3 is 1. The minimum atomic E-state index is -3.68. The fourth-order valence-electron chi connectivity index (χ4n) is 2.29. The van der Waals surface area contributed by atoms with Crippen molar-refractivity contribution in [2.45, 2.75) is 30.2 Å². The summed E-state index contributed by atoms with van der Waals surface area (Å²) in [6, 6.07) is 4.52. The van der Waals surface area contributed by atoms with Gasteiger partial charge in [-0.1, -0.05) is 0 Å². The van der Waals surface area contributed by atoms with E-state index in [1.165, 1.54) is 19.2 Å². The molecular formula is C13H20N2O4S. The van der Waals surface area contributed by atoms with E-state index in [1.54, 1.807) is 6.07 Å². The molecule has 0 spiro atoms. The zero-order valence-electron chi connectivity index (χ0n) is 11.7. The molecule has 0 aliphatic carbocycles. The topological polar surface area (TPSA) is 90.7 Å². The van der Waals surface area contributed by atoms with Crippen LogP contribution in [0.4, 0.5) is 5.69 Å². The monoisotopic (exact) mass is 300 g/mol. The predicted molar refractivity (Wildman–Crippen MR) is 76.2 cm³/mol. The van der Waals surface area contributed by atoms with Gasteiger partial charge in [-0.3, -0.25) is 0 Å². The molecule has 1 aliphatic heterocycles. The van der Waals surface area contributed by atoms with Crippen LogP contribution in [0.5, 0.6) is 5.75 Å². The van der Waals surface area contributed by atoms with Crippen molar-refractivity contribution >= 4 is 15.7 Å². The fraction of sp³-hybridized carbons (Fsp3) is 0.538. The summed E-state index contributed by atoms with van der Waals surface area (Å²) < 4.78 is 37.9. The molecule has 1 aliphatic rings. The van der Waals surface area contributed by atoms with Crippen LogP contribution in [0.2, 0.25) is 0 Å². The Morgan fingerprint density at radius 2 is 2.20 bits per heavy atom. The summed E-state index contributed by atoms with van der Waals surface area (Å²) in [5.41, 5.74) is 5.37. The summed E-state index contributed by atoms with van der Waals surface area (Å²) in [4.78, 5) is 0.0603. The molecule has 6 nitrogen and oxygen atoms in total. The average molecular weight is 300 g/mol.